The van der Waals surface area contributed by atoms with E-state index >= 15 is 0 Å². The molecular weight excluding hydrogens is 298 g/mol. The molecule has 0 amide bonds. The van der Waals surface area contributed by atoms with Crippen LogP contribution in [0.5, 0.6) is 5.75 Å². The Morgan fingerprint density at radius 3 is 1.92 bits per heavy atom. The fraction of sp³-hybridized carbons (Fsp3) is 0.714. The Morgan fingerprint density at radius 1 is 0.833 bits per heavy atom. The van der Waals surface area contributed by atoms with Crippen LogP contribution >= 0.6 is 0 Å². The van der Waals surface area contributed by atoms with Crippen molar-refractivity contribution in [3.05, 3.63) is 29.8 Å². The number of likely N-dealkylation sites (N-methyl/N-ethyl adjacent to an activating group) is 1. The van der Waals surface area contributed by atoms with E-state index in [0.29, 0.717) is 18.6 Å². The standard InChI is InChI=1S/C21H38NO2/c1-20(2,3)17-21(4,5)18-9-11-19(12-10-18)24-16-15-23-14-13-22(6,7)8/h9-12H,13-17H2,1-8H3/q+1. The summed E-state index contributed by atoms with van der Waals surface area (Å²) in [5, 5.41) is 0. The van der Waals surface area contributed by atoms with Gasteiger partial charge in [0.1, 0.15) is 18.9 Å². The molecule has 0 heterocycles. The molecule has 1 aromatic rings. The van der Waals surface area contributed by atoms with Gasteiger partial charge >= 0.3 is 0 Å². The Kier molecular flexibility index (Phi) is 7.30. The van der Waals surface area contributed by atoms with Crippen LogP contribution in [0.15, 0.2) is 24.3 Å². The van der Waals surface area contributed by atoms with Gasteiger partial charge in [0, 0.05) is 0 Å². The quantitative estimate of drug-likeness (QED) is 0.488. The molecule has 138 valence electrons. The van der Waals surface area contributed by atoms with Gasteiger partial charge in [0.15, 0.2) is 0 Å². The maximum atomic E-state index is 5.78. The lowest BCUT2D eigenvalue weighted by molar-refractivity contribution is -0.870. The van der Waals surface area contributed by atoms with E-state index in [-0.39, 0.29) is 5.41 Å². The normalized spacial score (nSPS) is 13.2. The summed E-state index contributed by atoms with van der Waals surface area (Å²) in [6.45, 7) is 14.5. The first kappa shape index (κ1) is 21.0. The van der Waals surface area contributed by atoms with Crippen molar-refractivity contribution in [2.24, 2.45) is 5.41 Å². The summed E-state index contributed by atoms with van der Waals surface area (Å²) < 4.78 is 12.3. The molecule has 0 N–H and O–H groups in total. The molecular formula is C21H38NO2+. The number of rotatable bonds is 9. The summed E-state index contributed by atoms with van der Waals surface area (Å²) in [6.07, 6.45) is 1.15. The average molecular weight is 337 g/mol. The minimum atomic E-state index is 0.172. The molecule has 0 radical (unpaired) electrons. The van der Waals surface area contributed by atoms with Crippen LogP contribution in [0.25, 0.3) is 0 Å². The van der Waals surface area contributed by atoms with Crippen molar-refractivity contribution in [2.45, 2.75) is 46.5 Å². The molecule has 1 rings (SSSR count). The first-order chi connectivity index (χ1) is 10.9. The molecule has 0 aliphatic rings. The molecule has 0 aromatic heterocycles. The lowest BCUT2D eigenvalue weighted by atomic mass is 9.72. The summed E-state index contributed by atoms with van der Waals surface area (Å²) in [5.74, 6) is 0.917. The molecule has 0 unspecified atom stereocenters. The van der Waals surface area contributed by atoms with Gasteiger partial charge < -0.3 is 14.0 Å². The minimum Gasteiger partial charge on any atom is -0.491 e. The second-order valence-corrected chi connectivity index (χ2v) is 9.62. The fourth-order valence-electron chi connectivity index (χ4n) is 3.09. The van der Waals surface area contributed by atoms with E-state index in [2.05, 4.69) is 80.0 Å². The first-order valence-corrected chi connectivity index (χ1v) is 9.01. The molecule has 0 saturated carbocycles. The summed E-state index contributed by atoms with van der Waals surface area (Å²) in [4.78, 5) is 0. The van der Waals surface area contributed by atoms with Crippen molar-refractivity contribution in [1.82, 2.24) is 0 Å². The van der Waals surface area contributed by atoms with Crippen molar-refractivity contribution in [1.29, 1.82) is 0 Å². The van der Waals surface area contributed by atoms with Crippen LogP contribution < -0.4 is 4.74 Å². The molecule has 3 heteroatoms. The Morgan fingerprint density at radius 2 is 1.42 bits per heavy atom. The van der Waals surface area contributed by atoms with Gasteiger partial charge in [-0.05, 0) is 34.9 Å². The third-order valence-corrected chi connectivity index (χ3v) is 4.01. The van der Waals surface area contributed by atoms with E-state index in [4.69, 9.17) is 9.47 Å². The van der Waals surface area contributed by atoms with E-state index in [1.165, 1.54) is 5.56 Å². The summed E-state index contributed by atoms with van der Waals surface area (Å²) >= 11 is 0. The zero-order valence-corrected chi connectivity index (χ0v) is 17.1. The molecule has 0 aliphatic heterocycles. The number of ether oxygens (including phenoxy) is 2. The number of nitrogens with zero attached hydrogens (tertiary/aromatic N) is 1. The van der Waals surface area contributed by atoms with Crippen molar-refractivity contribution < 1.29 is 14.0 Å². The monoisotopic (exact) mass is 336 g/mol. The fourth-order valence-corrected chi connectivity index (χ4v) is 3.09. The molecule has 0 fully saturated rings. The highest BCUT2D eigenvalue weighted by Crippen LogP contribution is 2.36. The van der Waals surface area contributed by atoms with E-state index in [1.54, 1.807) is 0 Å². The highest BCUT2D eigenvalue weighted by atomic mass is 16.5. The predicted molar refractivity (Wildman–Crippen MR) is 103 cm³/mol. The molecule has 0 atom stereocenters. The highest BCUT2D eigenvalue weighted by molar-refractivity contribution is 5.31. The maximum Gasteiger partial charge on any atom is 0.119 e. The molecule has 1 aromatic carbocycles. The molecule has 0 bridgehead atoms. The van der Waals surface area contributed by atoms with Gasteiger partial charge in [0.2, 0.25) is 0 Å². The number of benzene rings is 1. The Bertz CT molecular complexity index is 478. The van der Waals surface area contributed by atoms with Gasteiger partial charge in [0.25, 0.3) is 0 Å². The SMILES string of the molecule is CC(C)(C)CC(C)(C)c1ccc(OCCOCC[N+](C)(C)C)cc1. The van der Waals surface area contributed by atoms with Crippen molar-refractivity contribution in [3.63, 3.8) is 0 Å². The summed E-state index contributed by atoms with van der Waals surface area (Å²) in [5.41, 5.74) is 1.86. The largest absolute Gasteiger partial charge is 0.491 e. The zero-order valence-electron chi connectivity index (χ0n) is 17.1. The van der Waals surface area contributed by atoms with Crippen LogP contribution in [0, 0.1) is 5.41 Å². The Labute approximate surface area is 149 Å². The Hall–Kier alpha value is -1.06. The lowest BCUT2D eigenvalue weighted by Gasteiger charge is -2.33. The molecule has 0 aliphatic carbocycles. The van der Waals surface area contributed by atoms with Gasteiger partial charge in [-0.25, -0.2) is 0 Å². The van der Waals surface area contributed by atoms with Crippen LogP contribution in [-0.2, 0) is 10.2 Å². The average Bonchev–Trinajstić information content (AvgIpc) is 2.39. The van der Waals surface area contributed by atoms with E-state index < -0.39 is 0 Å². The second kappa shape index (κ2) is 8.35. The van der Waals surface area contributed by atoms with Gasteiger partial charge in [-0.1, -0.05) is 46.8 Å². The molecule has 0 saturated heterocycles. The van der Waals surface area contributed by atoms with E-state index in [9.17, 15) is 0 Å². The van der Waals surface area contributed by atoms with Crippen LogP contribution in [-0.4, -0.2) is 52.0 Å². The topological polar surface area (TPSA) is 18.5 Å². The van der Waals surface area contributed by atoms with Crippen LogP contribution in [0.4, 0.5) is 0 Å². The highest BCUT2D eigenvalue weighted by Gasteiger charge is 2.27. The van der Waals surface area contributed by atoms with E-state index in [1.807, 2.05) is 0 Å². The Balaban J connectivity index is 2.40. The smallest absolute Gasteiger partial charge is 0.119 e. The third kappa shape index (κ3) is 8.70. The van der Waals surface area contributed by atoms with Crippen molar-refractivity contribution >= 4 is 0 Å². The number of quaternary nitrogens is 1. The molecule has 3 nitrogen and oxygen atoms in total. The molecule has 24 heavy (non-hydrogen) atoms. The number of hydrogen-bond donors (Lipinski definition) is 0. The minimum absolute atomic E-state index is 0.172. The van der Waals surface area contributed by atoms with Crippen LogP contribution in [0.1, 0.15) is 46.6 Å². The van der Waals surface area contributed by atoms with Crippen LogP contribution in [0.3, 0.4) is 0 Å². The van der Waals surface area contributed by atoms with Gasteiger partial charge in [-0.3, -0.25) is 0 Å². The number of hydrogen-bond acceptors (Lipinski definition) is 2. The van der Waals surface area contributed by atoms with Gasteiger partial charge in [-0.2, -0.15) is 0 Å². The van der Waals surface area contributed by atoms with Gasteiger partial charge in [0.05, 0.1) is 34.4 Å². The second-order valence-electron chi connectivity index (χ2n) is 9.62. The lowest BCUT2D eigenvalue weighted by Crippen LogP contribution is -2.37. The summed E-state index contributed by atoms with van der Waals surface area (Å²) in [7, 11) is 6.51. The summed E-state index contributed by atoms with van der Waals surface area (Å²) in [6, 6.07) is 8.54. The van der Waals surface area contributed by atoms with Crippen molar-refractivity contribution in [3.8, 4) is 5.75 Å². The predicted octanol–water partition coefficient (Wildman–Crippen LogP) is 4.50. The van der Waals surface area contributed by atoms with Crippen LogP contribution in [0.2, 0.25) is 0 Å². The molecule has 0 spiro atoms. The van der Waals surface area contributed by atoms with Gasteiger partial charge in [-0.15, -0.1) is 0 Å². The first-order valence-electron chi connectivity index (χ1n) is 9.01. The maximum absolute atomic E-state index is 5.78. The zero-order chi connectivity index (χ0) is 18.4. The van der Waals surface area contributed by atoms with Crippen molar-refractivity contribution in [2.75, 3.05) is 47.5 Å². The third-order valence-electron chi connectivity index (χ3n) is 4.01. The van der Waals surface area contributed by atoms with E-state index in [0.717, 1.165) is 29.8 Å².